The summed E-state index contributed by atoms with van der Waals surface area (Å²) < 4.78 is 6.82. The van der Waals surface area contributed by atoms with Crippen molar-refractivity contribution in [2.45, 2.75) is 6.61 Å². The highest BCUT2D eigenvalue weighted by molar-refractivity contribution is 9.10. The largest absolute Gasteiger partial charge is 0.488 e. The minimum atomic E-state index is -0.253. The van der Waals surface area contributed by atoms with Crippen LogP contribution in [0.15, 0.2) is 77.4 Å². The summed E-state index contributed by atoms with van der Waals surface area (Å²) in [6, 6.07) is 20.3. The van der Waals surface area contributed by atoms with E-state index in [1.54, 1.807) is 36.5 Å². The summed E-state index contributed by atoms with van der Waals surface area (Å²) in [6.07, 6.45) is 1.63. The Bertz CT molecular complexity index is 838. The van der Waals surface area contributed by atoms with Crippen LogP contribution < -0.4 is 10.1 Å². The second-order valence-corrected chi connectivity index (χ2v) is 5.90. The standard InChI is InChI=1S/C19H15BrN2O2/c20-16-9-3-1-7-14(16)13-24-17-10-4-2-8-15(17)19(23)22-18-11-5-6-12-21-18/h1-12H,13H2,(H,21,22,23). The van der Waals surface area contributed by atoms with Gasteiger partial charge in [-0.1, -0.05) is 52.3 Å². The van der Waals surface area contributed by atoms with Gasteiger partial charge in [-0.2, -0.15) is 0 Å². The van der Waals surface area contributed by atoms with E-state index in [9.17, 15) is 4.79 Å². The first-order chi connectivity index (χ1) is 11.7. The molecule has 4 nitrogen and oxygen atoms in total. The molecular formula is C19H15BrN2O2. The van der Waals surface area contributed by atoms with Gasteiger partial charge in [0, 0.05) is 16.2 Å². The molecule has 0 aliphatic heterocycles. The van der Waals surface area contributed by atoms with Gasteiger partial charge in [-0.05, 0) is 30.3 Å². The fourth-order valence-electron chi connectivity index (χ4n) is 2.17. The highest BCUT2D eigenvalue weighted by Crippen LogP contribution is 2.23. The molecule has 3 rings (SSSR count). The summed E-state index contributed by atoms with van der Waals surface area (Å²) in [7, 11) is 0. The van der Waals surface area contributed by atoms with E-state index in [4.69, 9.17) is 4.74 Å². The molecule has 5 heteroatoms. The molecule has 0 radical (unpaired) electrons. The molecule has 0 bridgehead atoms. The summed E-state index contributed by atoms with van der Waals surface area (Å²) in [5.41, 5.74) is 1.48. The number of hydrogen-bond donors (Lipinski definition) is 1. The number of para-hydroxylation sites is 1. The maximum absolute atomic E-state index is 12.5. The Morgan fingerprint density at radius 1 is 1.00 bits per heavy atom. The quantitative estimate of drug-likeness (QED) is 0.696. The third kappa shape index (κ3) is 4.00. The number of carbonyl (C=O) groups excluding carboxylic acids is 1. The Morgan fingerprint density at radius 2 is 1.75 bits per heavy atom. The summed E-state index contributed by atoms with van der Waals surface area (Å²) in [5, 5.41) is 2.77. The molecule has 24 heavy (non-hydrogen) atoms. The lowest BCUT2D eigenvalue weighted by Gasteiger charge is -2.12. The number of amides is 1. The lowest BCUT2D eigenvalue weighted by Crippen LogP contribution is -2.14. The van der Waals surface area contributed by atoms with Crippen LogP contribution >= 0.6 is 15.9 Å². The highest BCUT2D eigenvalue weighted by atomic mass is 79.9. The second-order valence-electron chi connectivity index (χ2n) is 5.05. The molecule has 0 aliphatic rings. The average molecular weight is 383 g/mol. The molecule has 0 saturated carbocycles. The Kier molecular flexibility index (Phi) is 5.23. The number of halogens is 1. The van der Waals surface area contributed by atoms with Gasteiger partial charge in [-0.3, -0.25) is 4.79 Å². The number of anilines is 1. The van der Waals surface area contributed by atoms with Crippen molar-refractivity contribution < 1.29 is 9.53 Å². The number of benzene rings is 2. The van der Waals surface area contributed by atoms with Crippen LogP contribution in [0.5, 0.6) is 5.75 Å². The van der Waals surface area contributed by atoms with Crippen molar-refractivity contribution in [1.82, 2.24) is 4.98 Å². The lowest BCUT2D eigenvalue weighted by atomic mass is 10.2. The van der Waals surface area contributed by atoms with Crippen LogP contribution in [0.1, 0.15) is 15.9 Å². The number of nitrogens with one attached hydrogen (secondary N) is 1. The molecule has 0 saturated heterocycles. The third-order valence-electron chi connectivity index (χ3n) is 3.38. The number of carbonyl (C=O) groups is 1. The normalized spacial score (nSPS) is 10.2. The molecule has 1 heterocycles. The Morgan fingerprint density at radius 3 is 2.54 bits per heavy atom. The van der Waals surface area contributed by atoms with Crippen LogP contribution in [-0.2, 0) is 6.61 Å². The van der Waals surface area contributed by atoms with Gasteiger partial charge in [-0.15, -0.1) is 0 Å². The van der Waals surface area contributed by atoms with E-state index in [1.165, 1.54) is 0 Å². The molecule has 120 valence electrons. The zero-order chi connectivity index (χ0) is 16.8. The van der Waals surface area contributed by atoms with Gasteiger partial charge in [0.2, 0.25) is 0 Å². The van der Waals surface area contributed by atoms with E-state index in [2.05, 4.69) is 26.2 Å². The molecule has 2 aromatic carbocycles. The van der Waals surface area contributed by atoms with Gasteiger partial charge >= 0.3 is 0 Å². The van der Waals surface area contributed by atoms with Crippen LogP contribution in [0.2, 0.25) is 0 Å². The fourth-order valence-corrected chi connectivity index (χ4v) is 2.57. The highest BCUT2D eigenvalue weighted by Gasteiger charge is 2.13. The Balaban J connectivity index is 1.75. The number of rotatable bonds is 5. The van der Waals surface area contributed by atoms with Crippen molar-refractivity contribution in [3.8, 4) is 5.75 Å². The van der Waals surface area contributed by atoms with E-state index < -0.39 is 0 Å². The second kappa shape index (κ2) is 7.75. The smallest absolute Gasteiger partial charge is 0.260 e. The molecule has 1 amide bonds. The zero-order valence-electron chi connectivity index (χ0n) is 12.8. The first kappa shape index (κ1) is 16.2. The molecular weight excluding hydrogens is 368 g/mol. The number of aromatic nitrogens is 1. The van der Waals surface area contributed by atoms with Gasteiger partial charge in [-0.25, -0.2) is 4.98 Å². The van der Waals surface area contributed by atoms with Crippen LogP contribution in [-0.4, -0.2) is 10.9 Å². The van der Waals surface area contributed by atoms with Crippen molar-refractivity contribution in [2.75, 3.05) is 5.32 Å². The van der Waals surface area contributed by atoms with E-state index in [-0.39, 0.29) is 5.91 Å². The minimum Gasteiger partial charge on any atom is -0.488 e. The SMILES string of the molecule is O=C(Nc1ccccn1)c1ccccc1OCc1ccccc1Br. The van der Waals surface area contributed by atoms with Crippen molar-refractivity contribution in [3.05, 3.63) is 88.5 Å². The summed E-state index contributed by atoms with van der Waals surface area (Å²) >= 11 is 3.49. The van der Waals surface area contributed by atoms with Gasteiger partial charge < -0.3 is 10.1 Å². The topological polar surface area (TPSA) is 51.2 Å². The van der Waals surface area contributed by atoms with Gasteiger partial charge in [0.05, 0.1) is 5.56 Å². The van der Waals surface area contributed by atoms with E-state index in [1.807, 2.05) is 36.4 Å². The molecule has 0 unspecified atom stereocenters. The van der Waals surface area contributed by atoms with E-state index in [0.29, 0.717) is 23.7 Å². The summed E-state index contributed by atoms with van der Waals surface area (Å²) in [5.74, 6) is 0.779. The van der Waals surface area contributed by atoms with Gasteiger partial charge in [0.1, 0.15) is 18.2 Å². The Labute approximate surface area is 148 Å². The maximum Gasteiger partial charge on any atom is 0.260 e. The van der Waals surface area contributed by atoms with Crippen LogP contribution in [0.3, 0.4) is 0 Å². The Hall–Kier alpha value is -2.66. The van der Waals surface area contributed by atoms with Crippen LogP contribution in [0, 0.1) is 0 Å². The van der Waals surface area contributed by atoms with Crippen LogP contribution in [0.4, 0.5) is 5.82 Å². The first-order valence-corrected chi connectivity index (χ1v) is 8.21. The molecule has 0 atom stereocenters. The first-order valence-electron chi connectivity index (χ1n) is 7.41. The van der Waals surface area contributed by atoms with Crippen LogP contribution in [0.25, 0.3) is 0 Å². The predicted molar refractivity (Wildman–Crippen MR) is 97.1 cm³/mol. The summed E-state index contributed by atoms with van der Waals surface area (Å²) in [6.45, 7) is 0.370. The molecule has 0 aliphatic carbocycles. The molecule has 0 fully saturated rings. The van der Waals surface area contributed by atoms with E-state index >= 15 is 0 Å². The summed E-state index contributed by atoms with van der Waals surface area (Å²) in [4.78, 5) is 16.6. The molecule has 3 aromatic rings. The molecule has 1 N–H and O–H groups in total. The minimum absolute atomic E-state index is 0.253. The van der Waals surface area contributed by atoms with Gasteiger partial charge in [0.25, 0.3) is 5.91 Å². The monoisotopic (exact) mass is 382 g/mol. The fraction of sp³-hybridized carbons (Fsp3) is 0.0526. The number of nitrogens with zero attached hydrogens (tertiary/aromatic N) is 1. The molecule has 1 aromatic heterocycles. The number of hydrogen-bond acceptors (Lipinski definition) is 3. The lowest BCUT2D eigenvalue weighted by molar-refractivity contribution is 0.102. The number of ether oxygens (including phenoxy) is 1. The van der Waals surface area contributed by atoms with Crippen molar-refractivity contribution in [1.29, 1.82) is 0 Å². The molecule has 0 spiro atoms. The zero-order valence-corrected chi connectivity index (χ0v) is 14.4. The van der Waals surface area contributed by atoms with Gasteiger partial charge in [0.15, 0.2) is 0 Å². The van der Waals surface area contributed by atoms with Crippen molar-refractivity contribution in [3.63, 3.8) is 0 Å². The third-order valence-corrected chi connectivity index (χ3v) is 4.15. The average Bonchev–Trinajstić information content (AvgIpc) is 2.62. The van der Waals surface area contributed by atoms with E-state index in [0.717, 1.165) is 10.0 Å². The van der Waals surface area contributed by atoms with Crippen molar-refractivity contribution >= 4 is 27.7 Å². The number of pyridine rings is 1. The maximum atomic E-state index is 12.5. The van der Waals surface area contributed by atoms with Crippen molar-refractivity contribution in [2.24, 2.45) is 0 Å². The predicted octanol–water partition coefficient (Wildman–Crippen LogP) is 4.68.